The van der Waals surface area contributed by atoms with Crippen molar-refractivity contribution in [3.05, 3.63) is 18.7 Å². The van der Waals surface area contributed by atoms with Gasteiger partial charge in [-0.1, -0.05) is 40.5 Å². The lowest BCUT2D eigenvalue weighted by Gasteiger charge is -2.36. The Balaban J connectivity index is 1.88. The van der Waals surface area contributed by atoms with Crippen LogP contribution in [0.5, 0.6) is 0 Å². The molecule has 1 aromatic rings. The molecule has 0 aliphatic heterocycles. The zero-order valence-electron chi connectivity index (χ0n) is 15.2. The predicted molar refractivity (Wildman–Crippen MR) is 90.8 cm³/mol. The molecule has 1 aromatic heterocycles. The SMILES string of the molecule is CCCCn1cc[n+](CC(=O)O[C@@H]2CC(C)CC[C@H]2C(C)C)c1. The van der Waals surface area contributed by atoms with Crippen molar-refractivity contribution in [1.82, 2.24) is 4.57 Å². The van der Waals surface area contributed by atoms with Crippen LogP contribution in [0.4, 0.5) is 0 Å². The number of aromatic nitrogens is 2. The molecule has 1 aliphatic rings. The average Bonchev–Trinajstić information content (AvgIpc) is 2.92. The van der Waals surface area contributed by atoms with Gasteiger partial charge in [-0.3, -0.25) is 0 Å². The molecule has 2 rings (SSSR count). The standard InChI is InChI=1S/C19H33N2O2/c1-5-6-9-20-10-11-21(14-20)13-19(22)23-18-12-16(4)7-8-17(18)15(2)3/h10-11,14-18H,5-9,12-13H2,1-4H3/q+1/t16?,17-,18+/m0/s1. The Kier molecular flexibility index (Phi) is 6.67. The molecule has 1 unspecified atom stereocenters. The maximum Gasteiger partial charge on any atom is 0.348 e. The molecule has 1 saturated carbocycles. The van der Waals surface area contributed by atoms with E-state index in [1.165, 1.54) is 19.3 Å². The molecule has 1 aliphatic carbocycles. The fourth-order valence-corrected chi connectivity index (χ4v) is 3.61. The van der Waals surface area contributed by atoms with E-state index in [0.29, 0.717) is 24.3 Å². The van der Waals surface area contributed by atoms with Gasteiger partial charge in [0.05, 0.1) is 6.54 Å². The van der Waals surface area contributed by atoms with Crippen LogP contribution in [0.2, 0.25) is 0 Å². The van der Waals surface area contributed by atoms with Crippen molar-refractivity contribution in [3.8, 4) is 0 Å². The van der Waals surface area contributed by atoms with Crippen molar-refractivity contribution >= 4 is 5.97 Å². The molecular formula is C19H33N2O2+. The van der Waals surface area contributed by atoms with Gasteiger partial charge >= 0.3 is 5.97 Å². The lowest BCUT2D eigenvalue weighted by atomic mass is 9.75. The van der Waals surface area contributed by atoms with Crippen molar-refractivity contribution in [1.29, 1.82) is 0 Å². The van der Waals surface area contributed by atoms with E-state index in [0.717, 1.165) is 19.4 Å². The Morgan fingerprint density at radius 1 is 1.39 bits per heavy atom. The highest BCUT2D eigenvalue weighted by Gasteiger charge is 2.33. The highest BCUT2D eigenvalue weighted by Crippen LogP contribution is 2.35. The summed E-state index contributed by atoms with van der Waals surface area (Å²) in [5, 5.41) is 0. The summed E-state index contributed by atoms with van der Waals surface area (Å²) in [5.74, 6) is 1.64. The highest BCUT2D eigenvalue weighted by atomic mass is 16.5. The van der Waals surface area contributed by atoms with E-state index in [2.05, 4.69) is 32.3 Å². The lowest BCUT2D eigenvalue weighted by molar-refractivity contribution is -0.685. The van der Waals surface area contributed by atoms with Crippen LogP contribution >= 0.6 is 0 Å². The van der Waals surface area contributed by atoms with Gasteiger partial charge in [-0.25, -0.2) is 13.9 Å². The van der Waals surface area contributed by atoms with Crippen LogP contribution in [0, 0.1) is 17.8 Å². The molecule has 4 nitrogen and oxygen atoms in total. The topological polar surface area (TPSA) is 35.1 Å². The number of carbonyl (C=O) groups excluding carboxylic acids is 1. The van der Waals surface area contributed by atoms with Crippen molar-refractivity contribution < 1.29 is 14.1 Å². The second-order valence-electron chi connectivity index (χ2n) is 7.53. The maximum absolute atomic E-state index is 12.3. The van der Waals surface area contributed by atoms with Gasteiger partial charge in [-0.15, -0.1) is 0 Å². The van der Waals surface area contributed by atoms with Crippen molar-refractivity contribution in [2.75, 3.05) is 0 Å². The first kappa shape index (κ1) is 18.0. The Morgan fingerprint density at radius 2 is 2.17 bits per heavy atom. The van der Waals surface area contributed by atoms with Gasteiger partial charge in [0.2, 0.25) is 6.33 Å². The monoisotopic (exact) mass is 321 g/mol. The van der Waals surface area contributed by atoms with Crippen molar-refractivity contribution in [3.63, 3.8) is 0 Å². The van der Waals surface area contributed by atoms with E-state index in [1.807, 2.05) is 23.3 Å². The first-order chi connectivity index (χ1) is 11.0. The number of hydrogen-bond donors (Lipinski definition) is 0. The Hall–Kier alpha value is -1.32. The molecule has 0 amide bonds. The largest absolute Gasteiger partial charge is 0.459 e. The minimum atomic E-state index is -0.104. The van der Waals surface area contributed by atoms with Crippen LogP contribution in [0.1, 0.15) is 59.8 Å². The van der Waals surface area contributed by atoms with Crippen LogP contribution in [0.3, 0.4) is 0 Å². The second kappa shape index (κ2) is 8.51. The summed E-state index contributed by atoms with van der Waals surface area (Å²) in [6.07, 6.45) is 11.9. The molecule has 0 aromatic carbocycles. The molecule has 0 saturated heterocycles. The molecule has 23 heavy (non-hydrogen) atoms. The second-order valence-corrected chi connectivity index (χ2v) is 7.53. The fourth-order valence-electron chi connectivity index (χ4n) is 3.61. The Morgan fingerprint density at radius 3 is 2.87 bits per heavy atom. The fraction of sp³-hybridized carbons (Fsp3) is 0.789. The number of esters is 1. The number of unbranched alkanes of at least 4 members (excludes halogenated alkanes) is 1. The first-order valence-electron chi connectivity index (χ1n) is 9.23. The van der Waals surface area contributed by atoms with Crippen LogP contribution in [0.25, 0.3) is 0 Å². The van der Waals surface area contributed by atoms with Crippen LogP contribution in [-0.4, -0.2) is 16.6 Å². The van der Waals surface area contributed by atoms with Crippen molar-refractivity contribution in [2.45, 2.75) is 79.0 Å². The predicted octanol–water partition coefficient (Wildman–Crippen LogP) is 3.58. The van der Waals surface area contributed by atoms with Crippen molar-refractivity contribution in [2.24, 2.45) is 17.8 Å². The third-order valence-electron chi connectivity index (χ3n) is 5.07. The smallest absolute Gasteiger partial charge is 0.348 e. The maximum atomic E-state index is 12.3. The number of ether oxygens (including phenoxy) is 1. The van der Waals surface area contributed by atoms with E-state index in [-0.39, 0.29) is 12.1 Å². The summed E-state index contributed by atoms with van der Waals surface area (Å²) in [6.45, 7) is 10.3. The molecule has 0 radical (unpaired) electrons. The number of hydrogen-bond acceptors (Lipinski definition) is 2. The van der Waals surface area contributed by atoms with E-state index in [4.69, 9.17) is 4.74 Å². The van der Waals surface area contributed by atoms with Gasteiger partial charge in [0.1, 0.15) is 18.5 Å². The Bertz CT molecular complexity index is 495. The van der Waals surface area contributed by atoms with Crippen LogP contribution in [-0.2, 0) is 22.6 Å². The molecule has 1 fully saturated rings. The van der Waals surface area contributed by atoms with Gasteiger partial charge in [-0.2, -0.15) is 0 Å². The summed E-state index contributed by atoms with van der Waals surface area (Å²) >= 11 is 0. The minimum absolute atomic E-state index is 0.0917. The zero-order valence-corrected chi connectivity index (χ0v) is 15.2. The molecule has 130 valence electrons. The molecular weight excluding hydrogens is 288 g/mol. The summed E-state index contributed by atoms with van der Waals surface area (Å²) in [5.41, 5.74) is 0. The van der Waals surface area contributed by atoms with Gasteiger partial charge in [0, 0.05) is 0 Å². The van der Waals surface area contributed by atoms with Gasteiger partial charge < -0.3 is 4.74 Å². The van der Waals surface area contributed by atoms with Gasteiger partial charge in [-0.05, 0) is 37.0 Å². The number of carbonyl (C=O) groups is 1. The molecule has 0 bridgehead atoms. The van der Waals surface area contributed by atoms with Gasteiger partial charge in [0.15, 0.2) is 6.54 Å². The Labute approximate surface area is 140 Å². The normalized spacial score (nSPS) is 24.8. The van der Waals surface area contributed by atoms with E-state index in [9.17, 15) is 4.79 Å². The molecule has 0 spiro atoms. The number of rotatable bonds is 7. The van der Waals surface area contributed by atoms with Gasteiger partial charge in [0.25, 0.3) is 0 Å². The third-order valence-corrected chi connectivity index (χ3v) is 5.07. The van der Waals surface area contributed by atoms with Crippen LogP contribution < -0.4 is 4.57 Å². The first-order valence-corrected chi connectivity index (χ1v) is 9.23. The van der Waals surface area contributed by atoms with Crippen LogP contribution in [0.15, 0.2) is 18.7 Å². The van der Waals surface area contributed by atoms with E-state index >= 15 is 0 Å². The summed E-state index contributed by atoms with van der Waals surface area (Å²) < 4.78 is 9.92. The third kappa shape index (κ3) is 5.36. The average molecular weight is 321 g/mol. The summed E-state index contributed by atoms with van der Waals surface area (Å²) in [4.78, 5) is 12.3. The molecule has 3 atom stereocenters. The minimum Gasteiger partial charge on any atom is -0.459 e. The molecule has 0 N–H and O–H groups in total. The highest BCUT2D eigenvalue weighted by molar-refractivity contribution is 5.67. The number of nitrogens with zero attached hydrogens (tertiary/aromatic N) is 2. The number of imidazole rings is 1. The van der Waals surface area contributed by atoms with E-state index in [1.54, 1.807) is 0 Å². The van der Waals surface area contributed by atoms with E-state index < -0.39 is 0 Å². The molecule has 1 heterocycles. The summed E-state index contributed by atoms with van der Waals surface area (Å²) in [6, 6.07) is 0. The zero-order chi connectivity index (χ0) is 16.8. The quantitative estimate of drug-likeness (QED) is 0.568. The number of aryl methyl sites for hydroxylation is 1. The molecule has 4 heteroatoms. The lowest BCUT2D eigenvalue weighted by Crippen LogP contribution is -2.41. The summed E-state index contributed by atoms with van der Waals surface area (Å²) in [7, 11) is 0.